The first kappa shape index (κ1) is 23.4. The Labute approximate surface area is 187 Å². The van der Waals surface area contributed by atoms with Gasteiger partial charge in [0.15, 0.2) is 5.96 Å². The molecule has 2 aliphatic rings. The van der Waals surface area contributed by atoms with Crippen molar-refractivity contribution in [3.8, 4) is 0 Å². The van der Waals surface area contributed by atoms with E-state index in [2.05, 4.69) is 46.4 Å². The number of halogens is 1. The fourth-order valence-electron chi connectivity index (χ4n) is 3.80. The lowest BCUT2D eigenvalue weighted by molar-refractivity contribution is 0.0906. The standard InChI is InChI=1S/C22H35N3O2.HI/c1-3-26-14-12-22(10-11-22)18-24-21(23-2)25-13-9-20(15-25)17-27-16-19-7-5-4-6-8-19;/h4-8,20H,3,9-18H2,1-2H3,(H,23,24);1H. The summed E-state index contributed by atoms with van der Waals surface area (Å²) in [5.74, 6) is 1.63. The molecule has 2 fully saturated rings. The number of nitrogens with zero attached hydrogens (tertiary/aromatic N) is 2. The summed E-state index contributed by atoms with van der Waals surface area (Å²) in [6.45, 7) is 8.37. The quantitative estimate of drug-likeness (QED) is 0.229. The van der Waals surface area contributed by atoms with Crippen LogP contribution in [0, 0.1) is 11.3 Å². The molecule has 0 radical (unpaired) electrons. The van der Waals surface area contributed by atoms with Crippen LogP contribution < -0.4 is 5.32 Å². The molecule has 0 spiro atoms. The fraction of sp³-hybridized carbons (Fsp3) is 0.682. The van der Waals surface area contributed by atoms with E-state index in [4.69, 9.17) is 9.47 Å². The molecule has 1 saturated carbocycles. The summed E-state index contributed by atoms with van der Waals surface area (Å²) in [5, 5.41) is 3.62. The molecule has 1 aliphatic carbocycles. The lowest BCUT2D eigenvalue weighted by Crippen LogP contribution is -2.42. The Morgan fingerprint density at radius 2 is 2.04 bits per heavy atom. The van der Waals surface area contributed by atoms with Crippen LogP contribution in [-0.4, -0.2) is 57.4 Å². The van der Waals surface area contributed by atoms with Crippen LogP contribution in [-0.2, 0) is 16.1 Å². The minimum absolute atomic E-state index is 0. The molecule has 1 heterocycles. The van der Waals surface area contributed by atoms with Gasteiger partial charge in [-0.1, -0.05) is 30.3 Å². The largest absolute Gasteiger partial charge is 0.382 e. The van der Waals surface area contributed by atoms with Gasteiger partial charge in [-0.3, -0.25) is 4.99 Å². The third-order valence-electron chi connectivity index (χ3n) is 5.82. The molecule has 0 aromatic heterocycles. The molecule has 158 valence electrons. The van der Waals surface area contributed by atoms with Crippen molar-refractivity contribution in [2.45, 2.75) is 39.2 Å². The highest BCUT2D eigenvalue weighted by Crippen LogP contribution is 2.48. The lowest BCUT2D eigenvalue weighted by Gasteiger charge is -2.24. The third-order valence-corrected chi connectivity index (χ3v) is 5.82. The number of hydrogen-bond donors (Lipinski definition) is 1. The van der Waals surface area contributed by atoms with E-state index in [-0.39, 0.29) is 24.0 Å². The molecule has 5 nitrogen and oxygen atoms in total. The molecule has 1 unspecified atom stereocenters. The van der Waals surface area contributed by atoms with Gasteiger partial charge < -0.3 is 19.7 Å². The second-order valence-corrected chi connectivity index (χ2v) is 7.95. The molecule has 1 aromatic rings. The van der Waals surface area contributed by atoms with Gasteiger partial charge in [0.2, 0.25) is 0 Å². The van der Waals surface area contributed by atoms with Crippen molar-refractivity contribution in [2.24, 2.45) is 16.3 Å². The van der Waals surface area contributed by atoms with Crippen molar-refractivity contribution in [1.29, 1.82) is 0 Å². The summed E-state index contributed by atoms with van der Waals surface area (Å²) in [7, 11) is 1.89. The molecule has 0 amide bonds. The number of hydrogen-bond acceptors (Lipinski definition) is 3. The Morgan fingerprint density at radius 1 is 1.25 bits per heavy atom. The van der Waals surface area contributed by atoms with E-state index in [1.165, 1.54) is 24.8 Å². The van der Waals surface area contributed by atoms with Crippen molar-refractivity contribution in [1.82, 2.24) is 10.2 Å². The van der Waals surface area contributed by atoms with Gasteiger partial charge in [-0.15, -0.1) is 24.0 Å². The zero-order valence-corrected chi connectivity index (χ0v) is 19.7. The van der Waals surface area contributed by atoms with Crippen LogP contribution in [0.5, 0.6) is 0 Å². The van der Waals surface area contributed by atoms with Crippen molar-refractivity contribution >= 4 is 29.9 Å². The molecule has 1 N–H and O–H groups in total. The normalized spacial score (nSPS) is 20.7. The molecule has 1 atom stereocenters. The second-order valence-electron chi connectivity index (χ2n) is 7.95. The van der Waals surface area contributed by atoms with Gasteiger partial charge in [0.05, 0.1) is 13.2 Å². The average molecular weight is 501 g/mol. The van der Waals surface area contributed by atoms with E-state index >= 15 is 0 Å². The highest BCUT2D eigenvalue weighted by Gasteiger charge is 2.42. The van der Waals surface area contributed by atoms with Crippen LogP contribution in [0.25, 0.3) is 0 Å². The Balaban J connectivity index is 0.00000280. The highest BCUT2D eigenvalue weighted by molar-refractivity contribution is 14.0. The van der Waals surface area contributed by atoms with E-state index in [0.717, 1.165) is 51.8 Å². The minimum Gasteiger partial charge on any atom is -0.382 e. The first-order valence-electron chi connectivity index (χ1n) is 10.4. The topological polar surface area (TPSA) is 46.1 Å². The van der Waals surface area contributed by atoms with Crippen LogP contribution in [0.15, 0.2) is 35.3 Å². The number of guanidine groups is 1. The first-order valence-corrected chi connectivity index (χ1v) is 10.4. The molecule has 1 saturated heterocycles. The summed E-state index contributed by atoms with van der Waals surface area (Å²) in [4.78, 5) is 6.90. The molecule has 1 aromatic carbocycles. The Morgan fingerprint density at radius 3 is 2.71 bits per heavy atom. The van der Waals surface area contributed by atoms with Crippen LogP contribution in [0.1, 0.15) is 38.2 Å². The predicted molar refractivity (Wildman–Crippen MR) is 125 cm³/mol. The van der Waals surface area contributed by atoms with Crippen molar-refractivity contribution in [2.75, 3.05) is 46.5 Å². The van der Waals surface area contributed by atoms with Crippen LogP contribution in [0.4, 0.5) is 0 Å². The maximum absolute atomic E-state index is 5.94. The maximum atomic E-state index is 5.94. The fourth-order valence-corrected chi connectivity index (χ4v) is 3.80. The smallest absolute Gasteiger partial charge is 0.193 e. The van der Waals surface area contributed by atoms with Crippen LogP contribution in [0.2, 0.25) is 0 Å². The molecular weight excluding hydrogens is 465 g/mol. The number of rotatable bonds is 10. The van der Waals surface area contributed by atoms with Gasteiger partial charge in [0, 0.05) is 45.8 Å². The number of benzene rings is 1. The Kier molecular flexibility index (Phi) is 10.0. The Bertz CT molecular complexity index is 593. The van der Waals surface area contributed by atoms with Gasteiger partial charge in [-0.2, -0.15) is 0 Å². The van der Waals surface area contributed by atoms with Crippen LogP contribution in [0.3, 0.4) is 0 Å². The van der Waals surface area contributed by atoms with Gasteiger partial charge in [0.1, 0.15) is 0 Å². The molecular formula is C22H36IN3O2. The minimum atomic E-state index is 0. The Hall–Kier alpha value is -0.860. The highest BCUT2D eigenvalue weighted by atomic mass is 127. The average Bonchev–Trinajstić information content (AvgIpc) is 3.31. The first-order chi connectivity index (χ1) is 13.2. The van der Waals surface area contributed by atoms with E-state index in [1.54, 1.807) is 0 Å². The molecule has 28 heavy (non-hydrogen) atoms. The monoisotopic (exact) mass is 501 g/mol. The summed E-state index contributed by atoms with van der Waals surface area (Å²) in [6, 6.07) is 10.4. The van der Waals surface area contributed by atoms with Crippen molar-refractivity contribution in [3.63, 3.8) is 0 Å². The predicted octanol–water partition coefficient (Wildman–Crippen LogP) is 3.93. The number of ether oxygens (including phenoxy) is 2. The summed E-state index contributed by atoms with van der Waals surface area (Å²) >= 11 is 0. The summed E-state index contributed by atoms with van der Waals surface area (Å²) in [5.41, 5.74) is 1.68. The van der Waals surface area contributed by atoms with E-state index in [1.807, 2.05) is 13.1 Å². The number of nitrogens with one attached hydrogen (secondary N) is 1. The van der Waals surface area contributed by atoms with E-state index in [0.29, 0.717) is 17.9 Å². The molecule has 6 heteroatoms. The van der Waals surface area contributed by atoms with E-state index in [9.17, 15) is 0 Å². The van der Waals surface area contributed by atoms with Crippen molar-refractivity contribution < 1.29 is 9.47 Å². The maximum Gasteiger partial charge on any atom is 0.193 e. The van der Waals surface area contributed by atoms with Crippen molar-refractivity contribution in [3.05, 3.63) is 35.9 Å². The van der Waals surface area contributed by atoms with Crippen LogP contribution >= 0.6 is 24.0 Å². The molecule has 0 bridgehead atoms. The summed E-state index contributed by atoms with van der Waals surface area (Å²) in [6.07, 6.45) is 4.94. The van der Waals surface area contributed by atoms with Gasteiger partial charge >= 0.3 is 0 Å². The number of likely N-dealkylation sites (tertiary alicyclic amines) is 1. The second kappa shape index (κ2) is 12.0. The van der Waals surface area contributed by atoms with Gasteiger partial charge in [0.25, 0.3) is 0 Å². The molecule has 3 rings (SSSR count). The lowest BCUT2D eigenvalue weighted by atomic mass is 10.0. The SMILES string of the molecule is CCOCCC1(CNC(=NC)N2CCC(COCc3ccccc3)C2)CC1.I. The third kappa shape index (κ3) is 7.19. The summed E-state index contributed by atoms with van der Waals surface area (Å²) < 4.78 is 11.5. The van der Waals surface area contributed by atoms with Gasteiger partial charge in [-0.25, -0.2) is 0 Å². The zero-order chi connectivity index (χ0) is 19.0. The number of aliphatic imine (C=N–C) groups is 1. The van der Waals surface area contributed by atoms with E-state index < -0.39 is 0 Å². The molecule has 1 aliphatic heterocycles. The van der Waals surface area contributed by atoms with Gasteiger partial charge in [-0.05, 0) is 43.6 Å². The zero-order valence-electron chi connectivity index (χ0n) is 17.4.